The predicted octanol–water partition coefficient (Wildman–Crippen LogP) is 6.75. The Balaban J connectivity index is 1.26. The number of rotatable bonds is 8. The van der Waals surface area contributed by atoms with Gasteiger partial charge in [-0.2, -0.15) is 10.1 Å². The van der Waals surface area contributed by atoms with Gasteiger partial charge in [-0.25, -0.2) is 9.50 Å². The third-order valence-electron chi connectivity index (χ3n) is 8.95. The largest absolute Gasteiger partial charge is 0.402 e. The summed E-state index contributed by atoms with van der Waals surface area (Å²) in [5, 5.41) is 16.2. The molecule has 0 aliphatic heterocycles. The van der Waals surface area contributed by atoms with E-state index in [1.807, 2.05) is 48.2 Å². The van der Waals surface area contributed by atoms with Crippen LogP contribution < -0.4 is 15.7 Å². The van der Waals surface area contributed by atoms with Gasteiger partial charge in [0.2, 0.25) is 5.95 Å². The van der Waals surface area contributed by atoms with Crippen molar-refractivity contribution in [3.05, 3.63) is 109 Å². The predicted molar refractivity (Wildman–Crippen MR) is 187 cm³/mol. The van der Waals surface area contributed by atoms with Crippen LogP contribution in [0.1, 0.15) is 40.0 Å². The molecule has 10 heteroatoms. The Bertz CT molecular complexity index is 1910. The highest BCUT2D eigenvalue weighted by Gasteiger charge is 2.52. The van der Waals surface area contributed by atoms with Gasteiger partial charge in [-0.3, -0.25) is 4.68 Å². The van der Waals surface area contributed by atoms with E-state index in [4.69, 9.17) is 31.1 Å². The summed E-state index contributed by atoms with van der Waals surface area (Å²) in [4.78, 5) is 10.0. The van der Waals surface area contributed by atoms with Gasteiger partial charge in [-0.15, -0.1) is 5.10 Å². The maximum absolute atomic E-state index is 7.56. The minimum absolute atomic E-state index is 0.00142. The van der Waals surface area contributed by atoms with Gasteiger partial charge in [0, 0.05) is 29.4 Å². The summed E-state index contributed by atoms with van der Waals surface area (Å²) in [6.07, 6.45) is 8.68. The summed E-state index contributed by atoms with van der Waals surface area (Å²) in [5.74, 6) is 0.558. The molecule has 46 heavy (non-hydrogen) atoms. The smallest absolute Gasteiger partial charge is 0.261 e. The van der Waals surface area contributed by atoms with Crippen LogP contribution >= 0.6 is 11.6 Å². The van der Waals surface area contributed by atoms with Gasteiger partial charge in [-0.05, 0) is 46.8 Å². The van der Waals surface area contributed by atoms with Gasteiger partial charge in [0.05, 0.1) is 30.2 Å². The SMILES string of the molecule is Cn1cc(-c2nc(-c3ccc(Cl)cc3)cn3nc(N[C@H]4CCC[C@H]4O[Si](c4ccccc4)(c4ccccc4)C(C)(C)C)nc23)cn1. The Morgan fingerprint density at radius 1 is 0.848 bits per heavy atom. The summed E-state index contributed by atoms with van der Waals surface area (Å²) in [5.41, 5.74) is 3.96. The number of nitrogens with one attached hydrogen (secondary N) is 1. The molecule has 0 spiro atoms. The quantitative estimate of drug-likeness (QED) is 0.184. The summed E-state index contributed by atoms with van der Waals surface area (Å²) >= 11 is 6.18. The summed E-state index contributed by atoms with van der Waals surface area (Å²) in [7, 11) is -0.824. The molecule has 3 aromatic heterocycles. The first-order chi connectivity index (χ1) is 22.2. The van der Waals surface area contributed by atoms with Crippen LogP contribution in [0.25, 0.3) is 28.2 Å². The van der Waals surface area contributed by atoms with E-state index in [1.165, 1.54) is 10.4 Å². The number of hydrogen-bond donors (Lipinski definition) is 1. The van der Waals surface area contributed by atoms with E-state index in [-0.39, 0.29) is 17.2 Å². The molecule has 3 aromatic carbocycles. The van der Waals surface area contributed by atoms with E-state index in [1.54, 1.807) is 10.9 Å². The summed E-state index contributed by atoms with van der Waals surface area (Å²) < 4.78 is 11.1. The fourth-order valence-corrected chi connectivity index (χ4v) is 11.6. The van der Waals surface area contributed by atoms with Crippen LogP contribution in [-0.2, 0) is 11.5 Å². The van der Waals surface area contributed by atoms with E-state index >= 15 is 0 Å². The molecule has 1 aliphatic carbocycles. The molecule has 6 aromatic rings. The molecule has 3 heterocycles. The molecule has 0 unspecified atom stereocenters. The molecular formula is C36H38ClN7OSi. The highest BCUT2D eigenvalue weighted by molar-refractivity contribution is 6.99. The third-order valence-corrected chi connectivity index (χ3v) is 14.3. The van der Waals surface area contributed by atoms with Crippen molar-refractivity contribution < 1.29 is 4.43 Å². The lowest BCUT2D eigenvalue weighted by Gasteiger charge is -2.45. The van der Waals surface area contributed by atoms with Crippen LogP contribution in [0.5, 0.6) is 0 Å². The number of anilines is 1. The topological polar surface area (TPSA) is 82.2 Å². The fourth-order valence-electron chi connectivity index (χ4n) is 6.76. The van der Waals surface area contributed by atoms with E-state index in [0.29, 0.717) is 22.3 Å². The van der Waals surface area contributed by atoms with Gasteiger partial charge in [0.25, 0.3) is 8.32 Å². The van der Waals surface area contributed by atoms with Crippen molar-refractivity contribution in [2.24, 2.45) is 7.05 Å². The first-order valence-corrected chi connectivity index (χ1v) is 18.1. The van der Waals surface area contributed by atoms with Crippen molar-refractivity contribution in [1.82, 2.24) is 29.4 Å². The highest BCUT2D eigenvalue weighted by atomic mass is 35.5. The van der Waals surface area contributed by atoms with Crippen molar-refractivity contribution in [2.75, 3.05) is 5.32 Å². The Labute approximate surface area is 275 Å². The Morgan fingerprint density at radius 3 is 2.13 bits per heavy atom. The van der Waals surface area contributed by atoms with Crippen LogP contribution in [0, 0.1) is 0 Å². The zero-order valence-corrected chi connectivity index (χ0v) is 28.3. The molecule has 1 aliphatic rings. The second-order valence-electron chi connectivity index (χ2n) is 13.1. The zero-order chi connectivity index (χ0) is 31.9. The molecule has 0 amide bonds. The molecule has 1 saturated carbocycles. The molecular weight excluding hydrogens is 610 g/mol. The molecule has 234 valence electrons. The second-order valence-corrected chi connectivity index (χ2v) is 17.8. The van der Waals surface area contributed by atoms with Gasteiger partial charge in [0.1, 0.15) is 5.69 Å². The number of hydrogen-bond acceptors (Lipinski definition) is 6. The van der Waals surface area contributed by atoms with Crippen molar-refractivity contribution >= 4 is 41.9 Å². The molecule has 1 fully saturated rings. The van der Waals surface area contributed by atoms with Gasteiger partial charge in [-0.1, -0.05) is 105 Å². The fraction of sp³-hybridized carbons (Fsp3) is 0.278. The van der Waals surface area contributed by atoms with Crippen LogP contribution in [0.2, 0.25) is 10.1 Å². The van der Waals surface area contributed by atoms with Crippen LogP contribution in [0.4, 0.5) is 5.95 Å². The lowest BCUT2D eigenvalue weighted by Crippen LogP contribution is -2.68. The van der Waals surface area contributed by atoms with E-state index < -0.39 is 8.32 Å². The summed E-state index contributed by atoms with van der Waals surface area (Å²) in [6, 6.07) is 29.4. The molecule has 8 nitrogen and oxygen atoms in total. The normalized spacial score (nSPS) is 17.1. The third kappa shape index (κ3) is 5.63. The Kier molecular flexibility index (Phi) is 8.00. The van der Waals surface area contributed by atoms with Crippen LogP contribution in [-0.4, -0.2) is 49.8 Å². The van der Waals surface area contributed by atoms with E-state index in [0.717, 1.165) is 36.1 Å². The van der Waals surface area contributed by atoms with Crippen LogP contribution in [0.3, 0.4) is 0 Å². The van der Waals surface area contributed by atoms with Crippen molar-refractivity contribution in [1.29, 1.82) is 0 Å². The van der Waals surface area contributed by atoms with Gasteiger partial charge < -0.3 is 9.74 Å². The maximum Gasteiger partial charge on any atom is 0.261 e. The van der Waals surface area contributed by atoms with Gasteiger partial charge in [0.15, 0.2) is 5.65 Å². The lowest BCUT2D eigenvalue weighted by atomic mass is 10.1. The average Bonchev–Trinajstić information content (AvgIpc) is 3.80. The number of fused-ring (bicyclic) bond motifs is 1. The van der Waals surface area contributed by atoms with E-state index in [9.17, 15) is 0 Å². The molecule has 0 radical (unpaired) electrons. The standard InChI is InChI=1S/C36H38ClN7OSi/c1-36(2,3)46(28-12-7-5-8-13-28,29-14-9-6-10-15-29)45-32-17-11-16-30(32)40-35-41-34-33(26-22-38-43(4)23-26)39-31(24-44(34)42-35)25-18-20-27(37)21-19-25/h5-10,12-15,18-24,30,32H,11,16-17H2,1-4H3,(H,40,42)/t30-,32+/m0/s1. The minimum atomic E-state index is -2.72. The van der Waals surface area contributed by atoms with Crippen molar-refractivity contribution in [3.8, 4) is 22.5 Å². The lowest BCUT2D eigenvalue weighted by molar-refractivity contribution is 0.184. The van der Waals surface area contributed by atoms with Gasteiger partial charge >= 0.3 is 0 Å². The summed E-state index contributed by atoms with van der Waals surface area (Å²) in [6.45, 7) is 6.97. The molecule has 0 saturated heterocycles. The maximum atomic E-state index is 7.56. The second kappa shape index (κ2) is 12.1. The van der Waals surface area contributed by atoms with Crippen molar-refractivity contribution in [3.63, 3.8) is 0 Å². The Morgan fingerprint density at radius 2 is 1.52 bits per heavy atom. The van der Waals surface area contributed by atoms with Crippen LogP contribution in [0.15, 0.2) is 104 Å². The zero-order valence-electron chi connectivity index (χ0n) is 26.6. The number of aryl methyl sites for hydroxylation is 1. The van der Waals surface area contributed by atoms with Crippen molar-refractivity contribution in [2.45, 2.75) is 57.2 Å². The average molecular weight is 648 g/mol. The Hall–Kier alpha value is -4.31. The number of benzene rings is 3. The molecule has 1 N–H and O–H groups in total. The monoisotopic (exact) mass is 647 g/mol. The number of halogens is 1. The molecule has 7 rings (SSSR count). The van der Waals surface area contributed by atoms with E-state index in [2.05, 4.69) is 91.9 Å². The number of nitrogens with zero attached hydrogens (tertiary/aromatic N) is 6. The number of aromatic nitrogens is 6. The first-order valence-electron chi connectivity index (χ1n) is 15.8. The minimum Gasteiger partial charge on any atom is -0.402 e. The highest BCUT2D eigenvalue weighted by Crippen LogP contribution is 2.40. The molecule has 2 atom stereocenters. The first kappa shape index (κ1) is 30.3. The molecule has 0 bridgehead atoms.